The van der Waals surface area contributed by atoms with Gasteiger partial charge in [0.2, 0.25) is 5.91 Å². The highest BCUT2D eigenvalue weighted by Gasteiger charge is 2.23. The van der Waals surface area contributed by atoms with Crippen molar-refractivity contribution < 1.29 is 9.53 Å². The summed E-state index contributed by atoms with van der Waals surface area (Å²) in [7, 11) is 3.98. The third-order valence-electron chi connectivity index (χ3n) is 2.95. The van der Waals surface area contributed by atoms with Gasteiger partial charge in [0.25, 0.3) is 0 Å². The van der Waals surface area contributed by atoms with Gasteiger partial charge in [0, 0.05) is 32.1 Å². The van der Waals surface area contributed by atoms with E-state index in [1.807, 2.05) is 43.3 Å². The SMILES string of the molecule is CN(C)c1ccc(NC(=O)C2CCOC2)cc1. The Hall–Kier alpha value is -1.55. The van der Waals surface area contributed by atoms with Crippen LogP contribution in [0.25, 0.3) is 0 Å². The average Bonchev–Trinajstić information content (AvgIpc) is 2.83. The monoisotopic (exact) mass is 234 g/mol. The maximum Gasteiger partial charge on any atom is 0.229 e. The second-order valence-electron chi connectivity index (χ2n) is 4.49. The van der Waals surface area contributed by atoms with E-state index >= 15 is 0 Å². The lowest BCUT2D eigenvalue weighted by Crippen LogP contribution is -2.22. The van der Waals surface area contributed by atoms with Gasteiger partial charge >= 0.3 is 0 Å². The quantitative estimate of drug-likeness (QED) is 0.866. The van der Waals surface area contributed by atoms with E-state index in [9.17, 15) is 4.79 Å². The third kappa shape index (κ3) is 2.97. The molecular formula is C13H18N2O2. The van der Waals surface area contributed by atoms with Crippen LogP contribution in [0.2, 0.25) is 0 Å². The van der Waals surface area contributed by atoms with Crippen LogP contribution in [0.5, 0.6) is 0 Å². The fraction of sp³-hybridized carbons (Fsp3) is 0.462. The summed E-state index contributed by atoms with van der Waals surface area (Å²) in [5, 5.41) is 2.91. The lowest BCUT2D eigenvalue weighted by Gasteiger charge is -2.14. The molecule has 1 atom stereocenters. The van der Waals surface area contributed by atoms with Gasteiger partial charge in [-0.3, -0.25) is 4.79 Å². The summed E-state index contributed by atoms with van der Waals surface area (Å²) >= 11 is 0. The van der Waals surface area contributed by atoms with Crippen molar-refractivity contribution in [2.45, 2.75) is 6.42 Å². The number of anilines is 2. The van der Waals surface area contributed by atoms with Crippen LogP contribution in [0.1, 0.15) is 6.42 Å². The topological polar surface area (TPSA) is 41.6 Å². The van der Waals surface area contributed by atoms with Gasteiger partial charge in [0.05, 0.1) is 12.5 Å². The number of nitrogens with zero attached hydrogens (tertiary/aromatic N) is 1. The van der Waals surface area contributed by atoms with Gasteiger partial charge in [-0.2, -0.15) is 0 Å². The zero-order chi connectivity index (χ0) is 12.3. The van der Waals surface area contributed by atoms with E-state index in [0.29, 0.717) is 13.2 Å². The number of carbonyl (C=O) groups excluding carboxylic acids is 1. The van der Waals surface area contributed by atoms with Crippen molar-refractivity contribution in [2.75, 3.05) is 37.5 Å². The lowest BCUT2D eigenvalue weighted by molar-refractivity contribution is -0.119. The Labute approximate surface area is 102 Å². The molecule has 2 rings (SSSR count). The van der Waals surface area contributed by atoms with Crippen LogP contribution in [-0.2, 0) is 9.53 Å². The molecule has 1 aliphatic rings. The van der Waals surface area contributed by atoms with E-state index in [-0.39, 0.29) is 11.8 Å². The van der Waals surface area contributed by atoms with Gasteiger partial charge < -0.3 is 15.0 Å². The second kappa shape index (κ2) is 5.19. The minimum Gasteiger partial charge on any atom is -0.381 e. The number of ether oxygens (including phenoxy) is 1. The molecule has 0 radical (unpaired) electrons. The number of benzene rings is 1. The second-order valence-corrected chi connectivity index (χ2v) is 4.49. The number of hydrogen-bond donors (Lipinski definition) is 1. The van der Waals surface area contributed by atoms with Crippen LogP contribution in [0, 0.1) is 5.92 Å². The minimum absolute atomic E-state index is 0.00326. The van der Waals surface area contributed by atoms with Gasteiger partial charge in [0.1, 0.15) is 0 Å². The highest BCUT2D eigenvalue weighted by atomic mass is 16.5. The molecule has 1 N–H and O–H groups in total. The molecule has 1 fully saturated rings. The zero-order valence-electron chi connectivity index (χ0n) is 10.3. The van der Waals surface area contributed by atoms with E-state index in [0.717, 1.165) is 17.8 Å². The molecule has 4 nitrogen and oxygen atoms in total. The summed E-state index contributed by atoms with van der Waals surface area (Å²) in [6, 6.07) is 7.81. The summed E-state index contributed by atoms with van der Waals surface area (Å²) in [6.45, 7) is 1.24. The molecule has 17 heavy (non-hydrogen) atoms. The molecule has 0 spiro atoms. The molecule has 0 bridgehead atoms. The Morgan fingerprint density at radius 2 is 2.06 bits per heavy atom. The molecule has 1 aromatic carbocycles. The molecule has 1 amide bonds. The third-order valence-corrected chi connectivity index (χ3v) is 2.95. The van der Waals surface area contributed by atoms with Crippen LogP contribution in [-0.4, -0.2) is 33.2 Å². The lowest BCUT2D eigenvalue weighted by atomic mass is 10.1. The van der Waals surface area contributed by atoms with Crippen molar-refractivity contribution in [3.63, 3.8) is 0 Å². The molecule has 0 aliphatic carbocycles. The molecule has 1 unspecified atom stereocenters. The van der Waals surface area contributed by atoms with Crippen LogP contribution < -0.4 is 10.2 Å². The zero-order valence-corrected chi connectivity index (χ0v) is 10.3. The predicted molar refractivity (Wildman–Crippen MR) is 68.3 cm³/mol. The molecule has 4 heteroatoms. The normalized spacial score (nSPS) is 19.1. The first-order valence-corrected chi connectivity index (χ1v) is 5.83. The summed E-state index contributed by atoms with van der Waals surface area (Å²) < 4.78 is 5.20. The molecule has 1 aliphatic heterocycles. The van der Waals surface area contributed by atoms with Crippen molar-refractivity contribution in [1.82, 2.24) is 0 Å². The molecular weight excluding hydrogens is 216 g/mol. The van der Waals surface area contributed by atoms with Gasteiger partial charge in [-0.1, -0.05) is 0 Å². The summed E-state index contributed by atoms with van der Waals surface area (Å²) in [5.41, 5.74) is 1.96. The summed E-state index contributed by atoms with van der Waals surface area (Å²) in [5.74, 6) is 0.0589. The molecule has 0 saturated carbocycles. The van der Waals surface area contributed by atoms with Crippen molar-refractivity contribution in [3.05, 3.63) is 24.3 Å². The summed E-state index contributed by atoms with van der Waals surface area (Å²) in [4.78, 5) is 13.9. The van der Waals surface area contributed by atoms with E-state index in [1.165, 1.54) is 0 Å². The first-order valence-electron chi connectivity index (χ1n) is 5.83. The van der Waals surface area contributed by atoms with Crippen molar-refractivity contribution in [2.24, 2.45) is 5.92 Å². The van der Waals surface area contributed by atoms with Gasteiger partial charge in [0.15, 0.2) is 0 Å². The Kier molecular flexibility index (Phi) is 3.64. The largest absolute Gasteiger partial charge is 0.381 e. The molecule has 92 valence electrons. The number of carbonyl (C=O) groups is 1. The molecule has 0 aromatic heterocycles. The first-order chi connectivity index (χ1) is 8.16. The van der Waals surface area contributed by atoms with Gasteiger partial charge in [-0.25, -0.2) is 0 Å². The van der Waals surface area contributed by atoms with Crippen molar-refractivity contribution in [1.29, 1.82) is 0 Å². The Bertz CT molecular complexity index is 381. The van der Waals surface area contributed by atoms with Gasteiger partial charge in [-0.15, -0.1) is 0 Å². The maximum absolute atomic E-state index is 11.8. The Balaban J connectivity index is 1.96. The van der Waals surface area contributed by atoms with E-state index < -0.39 is 0 Å². The minimum atomic E-state index is 0.00326. The Morgan fingerprint density at radius 1 is 1.35 bits per heavy atom. The van der Waals surface area contributed by atoms with E-state index in [2.05, 4.69) is 5.32 Å². The van der Waals surface area contributed by atoms with Crippen LogP contribution >= 0.6 is 0 Å². The number of rotatable bonds is 3. The van der Waals surface area contributed by atoms with Crippen LogP contribution in [0.15, 0.2) is 24.3 Å². The van der Waals surface area contributed by atoms with E-state index in [4.69, 9.17) is 4.74 Å². The van der Waals surface area contributed by atoms with Crippen molar-refractivity contribution in [3.8, 4) is 0 Å². The number of hydrogen-bond acceptors (Lipinski definition) is 3. The highest BCUT2D eigenvalue weighted by molar-refractivity contribution is 5.92. The predicted octanol–water partition coefficient (Wildman–Crippen LogP) is 1.73. The number of amides is 1. The Morgan fingerprint density at radius 3 is 2.59 bits per heavy atom. The number of nitrogens with one attached hydrogen (secondary N) is 1. The maximum atomic E-state index is 11.8. The molecule has 1 aromatic rings. The average molecular weight is 234 g/mol. The van der Waals surface area contributed by atoms with Crippen molar-refractivity contribution >= 4 is 17.3 Å². The van der Waals surface area contributed by atoms with Crippen LogP contribution in [0.4, 0.5) is 11.4 Å². The van der Waals surface area contributed by atoms with E-state index in [1.54, 1.807) is 0 Å². The molecule has 1 heterocycles. The smallest absolute Gasteiger partial charge is 0.229 e. The fourth-order valence-corrected chi connectivity index (χ4v) is 1.83. The fourth-order valence-electron chi connectivity index (χ4n) is 1.83. The van der Waals surface area contributed by atoms with Gasteiger partial charge in [-0.05, 0) is 30.7 Å². The summed E-state index contributed by atoms with van der Waals surface area (Å²) in [6.07, 6.45) is 0.821. The first kappa shape index (κ1) is 11.9. The highest BCUT2D eigenvalue weighted by Crippen LogP contribution is 2.18. The molecule has 1 saturated heterocycles. The standard InChI is InChI=1S/C13H18N2O2/c1-15(2)12-5-3-11(4-6-12)14-13(16)10-7-8-17-9-10/h3-6,10H,7-9H2,1-2H3,(H,14,16). The van der Waals surface area contributed by atoms with Crippen LogP contribution in [0.3, 0.4) is 0 Å².